The van der Waals surface area contributed by atoms with E-state index in [0.717, 1.165) is 17.0 Å². The molecule has 1 saturated heterocycles. The van der Waals surface area contributed by atoms with Crippen molar-refractivity contribution < 1.29 is 33.0 Å². The number of anilines is 1. The molecule has 1 unspecified atom stereocenters. The number of ether oxygens (including phenoxy) is 3. The maximum absolute atomic E-state index is 13.7. The molecule has 10 nitrogen and oxygen atoms in total. The molecule has 1 aromatic heterocycles. The average molecular weight is 650 g/mol. The van der Waals surface area contributed by atoms with Gasteiger partial charge >= 0.3 is 5.97 Å². The van der Waals surface area contributed by atoms with Crippen LogP contribution >= 0.6 is 0 Å². The molecule has 3 aromatic carbocycles. The Hall–Kier alpha value is -5.51. The van der Waals surface area contributed by atoms with Crippen LogP contribution in [0, 0.1) is 0 Å². The lowest BCUT2D eigenvalue weighted by Crippen LogP contribution is -2.48. The first-order valence-corrected chi connectivity index (χ1v) is 16.1. The Morgan fingerprint density at radius 2 is 1.60 bits per heavy atom. The molecular formula is C38H39N3O7. The molecule has 0 N–H and O–H groups in total. The van der Waals surface area contributed by atoms with Crippen LogP contribution in [0.3, 0.4) is 0 Å². The van der Waals surface area contributed by atoms with E-state index >= 15 is 0 Å². The Morgan fingerprint density at radius 3 is 2.35 bits per heavy atom. The molecule has 48 heavy (non-hydrogen) atoms. The lowest BCUT2D eigenvalue weighted by Gasteiger charge is -2.36. The molecule has 10 heteroatoms. The van der Waals surface area contributed by atoms with Gasteiger partial charge in [-0.05, 0) is 67.9 Å². The second-order valence-corrected chi connectivity index (χ2v) is 11.7. The third-order valence-electron chi connectivity index (χ3n) is 8.74. The Kier molecular flexibility index (Phi) is 9.80. The van der Waals surface area contributed by atoms with Crippen molar-refractivity contribution in [2.45, 2.75) is 32.7 Å². The SMILES string of the molecule is CCOC(=O)C1=C(C)N(Cc2ccc(C(=O)N3CCN(c4ccccc4OC)CC3)o2)C(=O)CC1c1cccc(Oc2ccccc2)c1. The maximum Gasteiger partial charge on any atom is 0.336 e. The summed E-state index contributed by atoms with van der Waals surface area (Å²) in [4.78, 5) is 45.9. The van der Waals surface area contributed by atoms with Gasteiger partial charge in [-0.25, -0.2) is 4.79 Å². The fourth-order valence-corrected chi connectivity index (χ4v) is 6.31. The van der Waals surface area contributed by atoms with Crippen LogP contribution in [0.5, 0.6) is 17.2 Å². The first kappa shape index (κ1) is 32.4. The van der Waals surface area contributed by atoms with Crippen LogP contribution in [0.4, 0.5) is 5.69 Å². The number of hydrogen-bond acceptors (Lipinski definition) is 8. The fraction of sp³-hybridized carbons (Fsp3) is 0.289. The van der Waals surface area contributed by atoms with Gasteiger partial charge in [0.05, 0.1) is 31.5 Å². The molecule has 0 spiro atoms. The normalized spacial score (nSPS) is 16.6. The van der Waals surface area contributed by atoms with Crippen molar-refractivity contribution in [2.24, 2.45) is 0 Å². The van der Waals surface area contributed by atoms with Gasteiger partial charge in [0.25, 0.3) is 5.91 Å². The topological polar surface area (TPSA) is 102 Å². The molecule has 0 aliphatic carbocycles. The van der Waals surface area contributed by atoms with Gasteiger partial charge in [-0.3, -0.25) is 9.59 Å². The fourth-order valence-electron chi connectivity index (χ4n) is 6.31. The second-order valence-electron chi connectivity index (χ2n) is 11.7. The number of hydrogen-bond donors (Lipinski definition) is 0. The highest BCUT2D eigenvalue weighted by Gasteiger charge is 2.37. The third-order valence-corrected chi connectivity index (χ3v) is 8.74. The van der Waals surface area contributed by atoms with Gasteiger partial charge < -0.3 is 33.3 Å². The number of esters is 1. The number of furan rings is 1. The van der Waals surface area contributed by atoms with Gasteiger partial charge in [0.15, 0.2) is 5.76 Å². The van der Waals surface area contributed by atoms with Gasteiger partial charge in [0.2, 0.25) is 5.91 Å². The van der Waals surface area contributed by atoms with Crippen LogP contribution in [0.15, 0.2) is 107 Å². The van der Waals surface area contributed by atoms with E-state index in [-0.39, 0.29) is 37.1 Å². The maximum atomic E-state index is 13.7. The first-order valence-electron chi connectivity index (χ1n) is 16.1. The Labute approximate surface area is 280 Å². The molecule has 0 radical (unpaired) electrons. The van der Waals surface area contributed by atoms with Crippen molar-refractivity contribution in [1.82, 2.24) is 9.80 Å². The van der Waals surface area contributed by atoms with Gasteiger partial charge in [0.1, 0.15) is 23.0 Å². The Balaban J connectivity index is 1.17. The van der Waals surface area contributed by atoms with Crippen molar-refractivity contribution in [1.29, 1.82) is 0 Å². The lowest BCUT2D eigenvalue weighted by molar-refractivity contribution is -0.140. The zero-order valence-electron chi connectivity index (χ0n) is 27.4. The number of nitrogens with zero attached hydrogens (tertiary/aromatic N) is 3. The van der Waals surface area contributed by atoms with E-state index in [2.05, 4.69) is 4.90 Å². The van der Waals surface area contributed by atoms with E-state index in [1.807, 2.05) is 78.9 Å². The van der Waals surface area contributed by atoms with Crippen molar-refractivity contribution in [3.8, 4) is 17.2 Å². The van der Waals surface area contributed by atoms with E-state index in [9.17, 15) is 14.4 Å². The lowest BCUT2D eigenvalue weighted by atomic mass is 9.83. The summed E-state index contributed by atoms with van der Waals surface area (Å²) >= 11 is 0. The highest BCUT2D eigenvalue weighted by Crippen LogP contribution is 2.39. The van der Waals surface area contributed by atoms with Crippen LogP contribution in [0.2, 0.25) is 0 Å². The number of allylic oxidation sites excluding steroid dienone is 1. The number of carbonyl (C=O) groups is 3. The summed E-state index contributed by atoms with van der Waals surface area (Å²) in [5.41, 5.74) is 2.67. The molecule has 248 valence electrons. The molecule has 0 bridgehead atoms. The molecule has 2 aliphatic heterocycles. The minimum atomic E-state index is -0.518. The van der Waals surface area contributed by atoms with Crippen LogP contribution in [-0.2, 0) is 20.9 Å². The van der Waals surface area contributed by atoms with E-state index in [0.29, 0.717) is 54.7 Å². The minimum Gasteiger partial charge on any atom is -0.495 e. The highest BCUT2D eigenvalue weighted by molar-refractivity contribution is 5.96. The van der Waals surface area contributed by atoms with Gasteiger partial charge in [-0.15, -0.1) is 0 Å². The number of methoxy groups -OCH3 is 1. The largest absolute Gasteiger partial charge is 0.495 e. The summed E-state index contributed by atoms with van der Waals surface area (Å²) in [6.45, 7) is 6.15. The molecule has 1 fully saturated rings. The molecule has 6 rings (SSSR count). The van der Waals surface area contributed by atoms with Crippen LogP contribution < -0.4 is 14.4 Å². The molecule has 0 saturated carbocycles. The monoisotopic (exact) mass is 649 g/mol. The van der Waals surface area contributed by atoms with Gasteiger partial charge in [-0.1, -0.05) is 42.5 Å². The number of amides is 2. The molecular weight excluding hydrogens is 610 g/mol. The Bertz CT molecular complexity index is 1810. The van der Waals surface area contributed by atoms with Crippen LogP contribution in [0.25, 0.3) is 0 Å². The smallest absolute Gasteiger partial charge is 0.336 e. The van der Waals surface area contributed by atoms with Crippen LogP contribution in [0.1, 0.15) is 48.1 Å². The van der Waals surface area contributed by atoms with E-state index in [1.165, 1.54) is 4.90 Å². The summed E-state index contributed by atoms with van der Waals surface area (Å²) in [5, 5.41) is 0. The number of rotatable bonds is 10. The summed E-state index contributed by atoms with van der Waals surface area (Å²) < 4.78 is 23.0. The second kappa shape index (κ2) is 14.5. The van der Waals surface area contributed by atoms with Crippen molar-refractivity contribution in [3.63, 3.8) is 0 Å². The summed E-state index contributed by atoms with van der Waals surface area (Å²) in [6, 6.07) is 28.0. The number of piperazine rings is 1. The Morgan fingerprint density at radius 1 is 0.875 bits per heavy atom. The van der Waals surface area contributed by atoms with Crippen LogP contribution in [-0.4, -0.2) is 67.5 Å². The van der Waals surface area contributed by atoms with E-state index < -0.39 is 11.9 Å². The van der Waals surface area contributed by atoms with Crippen molar-refractivity contribution in [2.75, 3.05) is 44.8 Å². The molecule has 2 amide bonds. The predicted molar refractivity (Wildman–Crippen MR) is 180 cm³/mol. The van der Waals surface area contributed by atoms with Crippen molar-refractivity contribution >= 4 is 23.5 Å². The summed E-state index contributed by atoms with van der Waals surface area (Å²) in [6.07, 6.45) is 0.0588. The third kappa shape index (κ3) is 6.92. The predicted octanol–water partition coefficient (Wildman–Crippen LogP) is 6.40. The van der Waals surface area contributed by atoms with E-state index in [1.54, 1.807) is 38.0 Å². The van der Waals surface area contributed by atoms with Gasteiger partial charge in [0, 0.05) is 44.2 Å². The quantitative estimate of drug-likeness (QED) is 0.182. The summed E-state index contributed by atoms with van der Waals surface area (Å²) in [7, 11) is 1.65. The van der Waals surface area contributed by atoms with Crippen molar-refractivity contribution in [3.05, 3.63) is 119 Å². The number of benzene rings is 3. The number of para-hydroxylation sites is 3. The zero-order valence-corrected chi connectivity index (χ0v) is 27.4. The molecule has 3 heterocycles. The summed E-state index contributed by atoms with van der Waals surface area (Å²) in [5.74, 6) is 1.36. The van der Waals surface area contributed by atoms with E-state index in [4.69, 9.17) is 18.6 Å². The molecule has 4 aromatic rings. The average Bonchev–Trinajstić information content (AvgIpc) is 3.59. The molecule has 1 atom stereocenters. The molecule has 2 aliphatic rings. The van der Waals surface area contributed by atoms with Gasteiger partial charge in [-0.2, -0.15) is 0 Å². The highest BCUT2D eigenvalue weighted by atomic mass is 16.5. The zero-order chi connectivity index (χ0) is 33.6. The standard InChI is InChI=1S/C38H39N3O7/c1-4-46-38(44)36-26(2)41(35(42)24-31(36)27-11-10-14-29(23-27)47-28-12-6-5-7-13-28)25-30-17-18-34(48-30)37(43)40-21-19-39(20-22-40)32-15-8-9-16-33(32)45-3/h5-18,23,31H,4,19-22,24-25H2,1-3H3. The minimum absolute atomic E-state index is 0.0588. The first-order chi connectivity index (χ1) is 23.4. The number of carbonyl (C=O) groups excluding carboxylic acids is 3.